The molecule has 0 aliphatic rings. The molecule has 0 fully saturated rings. The summed E-state index contributed by atoms with van der Waals surface area (Å²) in [6, 6.07) is 6.18. The molecule has 2 heterocycles. The number of fused-ring (bicyclic) bond motifs is 3. The zero-order valence-electron chi connectivity index (χ0n) is 6.60. The fourth-order valence-corrected chi connectivity index (χ4v) is 3.34. The molecule has 13 heavy (non-hydrogen) atoms. The molecule has 0 atom stereocenters. The molecule has 3 aromatic rings. The van der Waals surface area contributed by atoms with Crippen molar-refractivity contribution in [2.75, 3.05) is 0 Å². The van der Waals surface area contributed by atoms with Gasteiger partial charge < -0.3 is 0 Å². The molecule has 0 N–H and O–H groups in total. The molecule has 0 aliphatic carbocycles. The molecule has 3 rings (SSSR count). The van der Waals surface area contributed by atoms with Gasteiger partial charge in [0, 0.05) is 12.4 Å². The number of benzene rings is 1. The zero-order valence-corrected chi connectivity index (χ0v) is 8.23. The minimum absolute atomic E-state index is 1.08. The van der Waals surface area contributed by atoms with Crippen LogP contribution in [-0.4, -0.2) is 9.36 Å². The van der Waals surface area contributed by atoms with E-state index in [0.717, 1.165) is 5.52 Å². The molecule has 0 saturated heterocycles. The lowest BCUT2D eigenvalue weighted by Crippen LogP contribution is -1.75. The van der Waals surface area contributed by atoms with Crippen LogP contribution in [0.5, 0.6) is 0 Å². The Morgan fingerprint density at radius 1 is 1.23 bits per heavy atom. The summed E-state index contributed by atoms with van der Waals surface area (Å²) in [5, 5.41) is 2.44. The topological polar surface area (TPSA) is 25.8 Å². The average Bonchev–Trinajstić information content (AvgIpc) is 2.65. The lowest BCUT2D eigenvalue weighted by molar-refractivity contribution is 1.37. The van der Waals surface area contributed by atoms with E-state index in [9.17, 15) is 0 Å². The summed E-state index contributed by atoms with van der Waals surface area (Å²) >= 11 is 0. The van der Waals surface area contributed by atoms with E-state index in [-0.39, 0.29) is 0 Å². The van der Waals surface area contributed by atoms with E-state index >= 15 is 0 Å². The number of pyridine rings is 1. The predicted octanol–water partition coefficient (Wildman–Crippen LogP) is 3.19. The highest BCUT2D eigenvalue weighted by molar-refractivity contribution is 7.70. The van der Waals surface area contributed by atoms with Crippen LogP contribution in [0.25, 0.3) is 21.0 Å². The lowest BCUT2D eigenvalue weighted by Gasteiger charge is -1.90. The van der Waals surface area contributed by atoms with Gasteiger partial charge in [0.1, 0.15) is 5.52 Å². The van der Waals surface area contributed by atoms with E-state index in [2.05, 4.69) is 21.5 Å². The van der Waals surface area contributed by atoms with Gasteiger partial charge in [-0.1, -0.05) is 6.07 Å². The Labute approximate surface area is 82.0 Å². The second-order valence-electron chi connectivity index (χ2n) is 2.76. The van der Waals surface area contributed by atoms with Crippen molar-refractivity contribution < 1.29 is 0 Å². The second-order valence-corrected chi connectivity index (χ2v) is 4.61. The van der Waals surface area contributed by atoms with Crippen molar-refractivity contribution in [3.05, 3.63) is 30.6 Å². The highest BCUT2D eigenvalue weighted by Gasteiger charge is 2.13. The van der Waals surface area contributed by atoms with Crippen molar-refractivity contribution in [3.63, 3.8) is 0 Å². The first kappa shape index (κ1) is 7.29. The lowest BCUT2D eigenvalue weighted by atomic mass is 10.2. The fraction of sp³-hybridized carbons (Fsp3) is 0. The summed E-state index contributed by atoms with van der Waals surface area (Å²) in [4.78, 5) is 4.13. The summed E-state index contributed by atoms with van der Waals surface area (Å²) in [5.74, 6) is 0. The molecule has 2 aromatic heterocycles. The maximum atomic E-state index is 4.30. The van der Waals surface area contributed by atoms with Crippen LogP contribution in [0.2, 0.25) is 0 Å². The normalized spacial score (nSPS) is 11.1. The van der Waals surface area contributed by atoms with Crippen LogP contribution in [-0.2, 0) is 0 Å². The molecule has 0 radical (unpaired) electrons. The molecule has 0 amide bonds. The highest BCUT2D eigenvalue weighted by atomic mass is 32.9. The maximum absolute atomic E-state index is 4.30. The molecule has 0 aliphatic heterocycles. The zero-order chi connectivity index (χ0) is 8.67. The van der Waals surface area contributed by atoms with E-state index < -0.39 is 0 Å². The quantitative estimate of drug-likeness (QED) is 0.416. The molecule has 2 nitrogen and oxygen atoms in total. The molecule has 0 saturated carbocycles. The van der Waals surface area contributed by atoms with Crippen LogP contribution in [0.3, 0.4) is 0 Å². The molecule has 0 unspecified atom stereocenters. The number of nitrogens with zero attached hydrogens (tertiary/aromatic N) is 2. The van der Waals surface area contributed by atoms with Crippen LogP contribution in [0.1, 0.15) is 0 Å². The SMILES string of the molecule is c1cc2ccc3ns[s+]c3c2cn1. The Morgan fingerprint density at radius 3 is 3.23 bits per heavy atom. The first-order valence-corrected chi connectivity index (χ1v) is 5.97. The molecule has 1 aromatic carbocycles. The van der Waals surface area contributed by atoms with Crippen LogP contribution < -0.4 is 0 Å². The molecule has 0 bridgehead atoms. The van der Waals surface area contributed by atoms with Crippen molar-refractivity contribution in [1.29, 1.82) is 0 Å². The first-order valence-electron chi connectivity index (χ1n) is 3.86. The largest absolute Gasteiger partial charge is 0.324 e. The third-order valence-corrected chi connectivity index (χ3v) is 3.90. The molecular weight excluding hydrogens is 200 g/mol. The van der Waals surface area contributed by atoms with E-state index in [4.69, 9.17) is 0 Å². The Bertz CT molecular complexity index is 574. The van der Waals surface area contributed by atoms with Crippen LogP contribution in [0, 0.1) is 0 Å². The third-order valence-electron chi connectivity index (χ3n) is 2.01. The van der Waals surface area contributed by atoms with Gasteiger partial charge in [0.2, 0.25) is 0 Å². The number of hydrogen-bond donors (Lipinski definition) is 0. The Morgan fingerprint density at radius 2 is 2.23 bits per heavy atom. The summed E-state index contributed by atoms with van der Waals surface area (Å²) in [5.41, 5.74) is 1.08. The molecular formula is C9H5N2S2+. The number of rotatable bonds is 0. The molecule has 0 spiro atoms. The van der Waals surface area contributed by atoms with Crippen LogP contribution >= 0.6 is 20.9 Å². The third kappa shape index (κ3) is 1.03. The van der Waals surface area contributed by atoms with Gasteiger partial charge in [-0.3, -0.25) is 4.98 Å². The van der Waals surface area contributed by atoms with Crippen molar-refractivity contribution in [3.8, 4) is 0 Å². The molecule has 4 heteroatoms. The minimum Gasteiger partial charge on any atom is -0.264 e. The summed E-state index contributed by atoms with van der Waals surface area (Å²) in [6.07, 6.45) is 3.72. The second kappa shape index (κ2) is 2.68. The van der Waals surface area contributed by atoms with E-state index in [1.54, 1.807) is 10.3 Å². The summed E-state index contributed by atoms with van der Waals surface area (Å²) < 4.78 is 5.55. The van der Waals surface area contributed by atoms with Gasteiger partial charge in [-0.2, -0.15) is 0 Å². The summed E-state index contributed by atoms with van der Waals surface area (Å²) in [7, 11) is 3.24. The van der Waals surface area contributed by atoms with Crippen molar-refractivity contribution in [1.82, 2.24) is 9.36 Å². The maximum Gasteiger partial charge on any atom is 0.324 e. The van der Waals surface area contributed by atoms with Gasteiger partial charge in [-0.25, -0.2) is 0 Å². The van der Waals surface area contributed by atoms with Crippen molar-refractivity contribution >= 4 is 41.9 Å². The Hall–Kier alpha value is -1.13. The molecule has 62 valence electrons. The van der Waals surface area contributed by atoms with Gasteiger partial charge in [-0.05, 0) is 17.5 Å². The number of hydrogen-bond acceptors (Lipinski definition) is 3. The van der Waals surface area contributed by atoms with Crippen molar-refractivity contribution in [2.45, 2.75) is 0 Å². The monoisotopic (exact) mass is 205 g/mol. The Balaban J connectivity index is 2.65. The van der Waals surface area contributed by atoms with Gasteiger partial charge >= 0.3 is 10.3 Å². The summed E-state index contributed by atoms with van der Waals surface area (Å²) in [6.45, 7) is 0. The van der Waals surface area contributed by atoms with Crippen molar-refractivity contribution in [2.24, 2.45) is 0 Å². The first-order chi connectivity index (χ1) is 6.45. The van der Waals surface area contributed by atoms with Gasteiger partial charge in [-0.15, -0.1) is 4.37 Å². The van der Waals surface area contributed by atoms with Gasteiger partial charge in [0.25, 0.3) is 15.2 Å². The van der Waals surface area contributed by atoms with Crippen LogP contribution in [0.4, 0.5) is 0 Å². The average molecular weight is 205 g/mol. The highest BCUT2D eigenvalue weighted by Crippen LogP contribution is 2.29. The van der Waals surface area contributed by atoms with Gasteiger partial charge in [0.15, 0.2) is 0 Å². The van der Waals surface area contributed by atoms with E-state index in [0.29, 0.717) is 0 Å². The van der Waals surface area contributed by atoms with Gasteiger partial charge in [0.05, 0.1) is 5.39 Å². The van der Waals surface area contributed by atoms with Crippen LogP contribution in [0.15, 0.2) is 30.6 Å². The van der Waals surface area contributed by atoms with E-state index in [1.165, 1.54) is 26.0 Å². The van der Waals surface area contributed by atoms with E-state index in [1.807, 2.05) is 18.5 Å². The smallest absolute Gasteiger partial charge is 0.264 e. The minimum atomic E-state index is 1.08. The fourth-order valence-electron chi connectivity index (χ4n) is 1.38. The number of aromatic nitrogens is 2. The Kier molecular flexibility index (Phi) is 1.50. The standard InChI is InChI=1S/C9H5N2S2/c1-2-8-9(12-13-11-8)7-5-10-4-3-6(1)7/h1-5H/q+1. The predicted molar refractivity (Wildman–Crippen MR) is 57.2 cm³/mol.